The normalized spacial score (nSPS) is 41.3. The second-order valence-corrected chi connectivity index (χ2v) is 4.77. The molecule has 0 heterocycles. The molecule has 0 aliphatic heterocycles. The minimum absolute atomic E-state index is 0.229. The molecule has 0 atom stereocenters. The lowest BCUT2D eigenvalue weighted by Gasteiger charge is -1.76. The molecule has 5 rings (SSSR count). The van der Waals surface area contributed by atoms with Gasteiger partial charge in [-0.25, -0.2) is 0 Å². The molecule has 0 aromatic rings. The zero-order chi connectivity index (χ0) is 11.9. The largest absolute Gasteiger partial charge is 0.0830 e. The molecule has 0 nitrogen and oxygen atoms in total. The molecule has 5 aliphatic rings. The van der Waals surface area contributed by atoms with Crippen molar-refractivity contribution < 1.29 is 0 Å². The van der Waals surface area contributed by atoms with Crippen LogP contribution >= 0.6 is 0 Å². The molecule has 0 amide bonds. The second-order valence-electron chi connectivity index (χ2n) is 4.77. The summed E-state index contributed by atoms with van der Waals surface area (Å²) in [6.45, 7) is 0. The number of fused-ring (bicyclic) bond motifs is 3. The van der Waals surface area contributed by atoms with Gasteiger partial charge < -0.3 is 0 Å². The number of hydrogen-bond acceptors (Lipinski definition) is 0. The van der Waals surface area contributed by atoms with Gasteiger partial charge in [0.1, 0.15) is 0 Å². The Hall–Kier alpha value is -2.64. The van der Waals surface area contributed by atoms with Crippen LogP contribution in [0.15, 0.2) is 0 Å². The van der Waals surface area contributed by atoms with Gasteiger partial charge in [0.05, 0.1) is 35.5 Å². The van der Waals surface area contributed by atoms with Crippen LogP contribution in [-0.2, 0) is 0 Å². The predicted molar refractivity (Wildman–Crippen MR) is 67.6 cm³/mol. The summed E-state index contributed by atoms with van der Waals surface area (Å²) in [5.74, 6) is 38.0. The average molecular weight is 222 g/mol. The Morgan fingerprint density at radius 2 is 0.444 bits per heavy atom. The summed E-state index contributed by atoms with van der Waals surface area (Å²) in [5, 5.41) is 0. The minimum Gasteiger partial charge on any atom is -0.0830 e. The van der Waals surface area contributed by atoms with E-state index < -0.39 is 0 Å². The van der Waals surface area contributed by atoms with E-state index in [1.807, 2.05) is 0 Å². The third-order valence-corrected chi connectivity index (χ3v) is 3.66. The maximum absolute atomic E-state index is 3.16. The molecule has 5 aliphatic carbocycles. The Morgan fingerprint density at radius 3 is 0.611 bits per heavy atom. The van der Waals surface area contributed by atoms with E-state index in [0.29, 0.717) is 0 Å². The van der Waals surface area contributed by atoms with Gasteiger partial charge in [0.2, 0.25) is 0 Å². The highest BCUT2D eigenvalue weighted by Gasteiger charge is 2.49. The molecular formula is C18H6. The Morgan fingerprint density at radius 1 is 0.278 bits per heavy atom. The third-order valence-electron chi connectivity index (χ3n) is 3.66. The van der Waals surface area contributed by atoms with Gasteiger partial charge in [-0.2, -0.15) is 0 Å². The van der Waals surface area contributed by atoms with E-state index in [9.17, 15) is 0 Å². The van der Waals surface area contributed by atoms with Gasteiger partial charge in [0.15, 0.2) is 0 Å². The van der Waals surface area contributed by atoms with Crippen LogP contribution in [0.2, 0.25) is 0 Å². The summed E-state index contributed by atoms with van der Waals surface area (Å²) in [5.41, 5.74) is 0. The van der Waals surface area contributed by atoms with Crippen molar-refractivity contribution in [2.45, 2.75) is 0 Å². The van der Waals surface area contributed by atoms with Gasteiger partial charge in [-0.05, 0) is 35.5 Å². The summed E-state index contributed by atoms with van der Waals surface area (Å²) in [6.07, 6.45) is 0. The average Bonchev–Trinajstić information content (AvgIpc) is 3.18. The van der Waals surface area contributed by atoms with E-state index in [0.717, 1.165) is 0 Å². The number of rotatable bonds is 0. The fourth-order valence-corrected chi connectivity index (χ4v) is 2.42. The fourth-order valence-electron chi connectivity index (χ4n) is 2.42. The van der Waals surface area contributed by atoms with E-state index in [4.69, 9.17) is 0 Å². The maximum Gasteiger partial charge on any atom is 0.0514 e. The summed E-state index contributed by atoms with van der Waals surface area (Å²) in [4.78, 5) is 0. The molecule has 0 aromatic carbocycles. The Kier molecular flexibility index (Phi) is 1.79. The summed E-state index contributed by atoms with van der Waals surface area (Å²) < 4.78 is 0. The molecule has 0 heteroatoms. The number of hydrogen-bond donors (Lipinski definition) is 0. The third kappa shape index (κ3) is 1.39. The van der Waals surface area contributed by atoms with Gasteiger partial charge in [-0.1, -0.05) is 35.5 Å². The van der Waals surface area contributed by atoms with Crippen molar-refractivity contribution in [1.29, 1.82) is 0 Å². The first-order chi connectivity index (χ1) is 8.95. The molecule has 0 spiro atoms. The highest BCUT2D eigenvalue weighted by Crippen LogP contribution is 2.46. The minimum atomic E-state index is 0.229. The van der Waals surface area contributed by atoms with Crippen LogP contribution in [0, 0.1) is 107 Å². The van der Waals surface area contributed by atoms with Crippen molar-refractivity contribution in [3.63, 3.8) is 0 Å². The highest BCUT2D eigenvalue weighted by molar-refractivity contribution is 5.47. The monoisotopic (exact) mass is 222 g/mol. The Labute approximate surface area is 107 Å². The van der Waals surface area contributed by atoms with Crippen molar-refractivity contribution in [2.24, 2.45) is 35.5 Å². The summed E-state index contributed by atoms with van der Waals surface area (Å²) >= 11 is 0. The van der Waals surface area contributed by atoms with Crippen molar-refractivity contribution in [2.75, 3.05) is 0 Å². The molecule has 0 aromatic heterocycles. The second kappa shape index (κ2) is 3.42. The summed E-state index contributed by atoms with van der Waals surface area (Å²) in [7, 11) is 0. The van der Waals surface area contributed by atoms with Crippen molar-refractivity contribution in [3.8, 4) is 71.0 Å². The van der Waals surface area contributed by atoms with Gasteiger partial charge in [0.25, 0.3) is 0 Å². The Balaban J connectivity index is 1.86. The molecular weight excluding hydrogens is 216 g/mol. The molecule has 0 saturated heterocycles. The lowest BCUT2D eigenvalue weighted by molar-refractivity contribution is 1.06. The van der Waals surface area contributed by atoms with E-state index in [1.54, 1.807) is 0 Å². The zero-order valence-electron chi connectivity index (χ0n) is 9.46. The zero-order valence-corrected chi connectivity index (χ0v) is 9.46. The van der Waals surface area contributed by atoms with E-state index >= 15 is 0 Å². The smallest absolute Gasteiger partial charge is 0.0514 e. The van der Waals surface area contributed by atoms with Crippen molar-refractivity contribution in [1.82, 2.24) is 0 Å². The van der Waals surface area contributed by atoms with Crippen molar-refractivity contribution in [3.05, 3.63) is 0 Å². The molecule has 0 N–H and O–H groups in total. The molecule has 78 valence electrons. The quantitative estimate of drug-likeness (QED) is 0.531. The van der Waals surface area contributed by atoms with Gasteiger partial charge in [-0.3, -0.25) is 0 Å². The molecule has 18 heavy (non-hydrogen) atoms. The van der Waals surface area contributed by atoms with Crippen LogP contribution in [-0.4, -0.2) is 0 Å². The van der Waals surface area contributed by atoms with Crippen molar-refractivity contribution >= 4 is 0 Å². The first-order valence-electron chi connectivity index (χ1n) is 5.98. The van der Waals surface area contributed by atoms with Crippen LogP contribution in [0.25, 0.3) is 0 Å². The van der Waals surface area contributed by atoms with Crippen LogP contribution in [0.1, 0.15) is 0 Å². The molecule has 6 bridgehead atoms. The van der Waals surface area contributed by atoms with Gasteiger partial charge in [0, 0.05) is 0 Å². The van der Waals surface area contributed by atoms with Gasteiger partial charge in [-0.15, -0.1) is 0 Å². The van der Waals surface area contributed by atoms with E-state index in [1.165, 1.54) is 0 Å². The molecule has 0 unspecified atom stereocenters. The molecule has 2 fully saturated rings. The van der Waals surface area contributed by atoms with Crippen LogP contribution in [0.3, 0.4) is 0 Å². The van der Waals surface area contributed by atoms with E-state index in [2.05, 4.69) is 71.0 Å². The maximum atomic E-state index is 3.16. The predicted octanol–water partition coefficient (Wildman–Crippen LogP) is 0.758. The molecule has 0 radical (unpaired) electrons. The highest BCUT2D eigenvalue weighted by atomic mass is 14.5. The van der Waals surface area contributed by atoms with Crippen LogP contribution in [0.5, 0.6) is 0 Å². The Bertz CT molecular complexity index is 605. The fraction of sp³-hybridized carbons (Fsp3) is 0.333. The first kappa shape index (κ1) is 9.40. The lowest BCUT2D eigenvalue weighted by Crippen LogP contribution is -1.76. The van der Waals surface area contributed by atoms with Crippen LogP contribution < -0.4 is 0 Å². The first-order valence-corrected chi connectivity index (χ1v) is 5.98. The SMILES string of the molecule is C1#CC2C3C#CC#CC4C(C#C1)C4C#CC#CC23. The van der Waals surface area contributed by atoms with Crippen LogP contribution in [0.4, 0.5) is 0 Å². The standard InChI is InChI=1S/C18H6/c1-2-8-14-17-11-5-3-9-15-13(7-1)16(15)10-4-6-12-18(14)17/h13-18H. The lowest BCUT2D eigenvalue weighted by atomic mass is 10.3. The summed E-state index contributed by atoms with van der Waals surface area (Å²) in [6, 6.07) is 0. The van der Waals surface area contributed by atoms with E-state index in [-0.39, 0.29) is 35.5 Å². The molecule has 2 saturated carbocycles. The topological polar surface area (TPSA) is 0 Å². The van der Waals surface area contributed by atoms with Gasteiger partial charge >= 0.3 is 0 Å².